The highest BCUT2D eigenvalue weighted by atomic mass is 35.5. The van der Waals surface area contributed by atoms with Gasteiger partial charge in [0.2, 0.25) is 10.0 Å². The summed E-state index contributed by atoms with van der Waals surface area (Å²) in [4.78, 5) is 11.6. The summed E-state index contributed by atoms with van der Waals surface area (Å²) in [7, 11) is -3.97. The summed E-state index contributed by atoms with van der Waals surface area (Å²) in [6.45, 7) is 3.33. The molecule has 1 rings (SSSR count). The molecule has 17 heavy (non-hydrogen) atoms. The standard InChI is InChI=1S/C10H11Cl2NO3S/c1-5(2)10(14)8-6(11)3-4-7(9(8)12)17(13,15)16/h3-5H,1-2H3,(H2,13,15,16). The summed E-state index contributed by atoms with van der Waals surface area (Å²) in [6.07, 6.45) is 0. The van der Waals surface area contributed by atoms with Crippen molar-refractivity contribution in [1.82, 2.24) is 0 Å². The average Bonchev–Trinajstić information content (AvgIpc) is 2.14. The van der Waals surface area contributed by atoms with Crippen molar-refractivity contribution in [3.8, 4) is 0 Å². The van der Waals surface area contributed by atoms with E-state index in [1.54, 1.807) is 13.8 Å². The van der Waals surface area contributed by atoms with Crippen molar-refractivity contribution in [3.63, 3.8) is 0 Å². The van der Waals surface area contributed by atoms with E-state index in [1.165, 1.54) is 12.1 Å². The third-order valence-electron chi connectivity index (χ3n) is 2.13. The van der Waals surface area contributed by atoms with Gasteiger partial charge in [-0.3, -0.25) is 4.79 Å². The molecule has 2 N–H and O–H groups in total. The maximum absolute atomic E-state index is 11.9. The zero-order valence-corrected chi connectivity index (χ0v) is 11.5. The number of carbonyl (C=O) groups is 1. The minimum atomic E-state index is -3.97. The van der Waals surface area contributed by atoms with Gasteiger partial charge >= 0.3 is 0 Å². The molecule has 0 amide bonds. The third-order valence-corrected chi connectivity index (χ3v) is 3.91. The molecule has 0 aromatic heterocycles. The number of ketones is 1. The molecule has 0 unspecified atom stereocenters. The molecule has 0 aliphatic heterocycles. The van der Waals surface area contributed by atoms with Crippen LogP contribution in [-0.4, -0.2) is 14.2 Å². The van der Waals surface area contributed by atoms with E-state index in [2.05, 4.69) is 0 Å². The fourth-order valence-corrected chi connectivity index (χ4v) is 2.76. The van der Waals surface area contributed by atoms with Crippen molar-refractivity contribution < 1.29 is 13.2 Å². The summed E-state index contributed by atoms with van der Waals surface area (Å²) in [5.74, 6) is -0.675. The molecule has 1 aromatic carbocycles. The zero-order chi connectivity index (χ0) is 13.4. The van der Waals surface area contributed by atoms with Crippen molar-refractivity contribution in [2.45, 2.75) is 18.7 Å². The van der Waals surface area contributed by atoms with E-state index in [-0.39, 0.29) is 32.2 Å². The van der Waals surface area contributed by atoms with Crippen LogP contribution in [0.15, 0.2) is 17.0 Å². The number of nitrogens with two attached hydrogens (primary N) is 1. The van der Waals surface area contributed by atoms with Crippen LogP contribution in [0.25, 0.3) is 0 Å². The SMILES string of the molecule is CC(C)C(=O)c1c(Cl)ccc(S(N)(=O)=O)c1Cl. The lowest BCUT2D eigenvalue weighted by Crippen LogP contribution is -2.16. The van der Waals surface area contributed by atoms with Crippen LogP contribution >= 0.6 is 23.2 Å². The Labute approximate surface area is 110 Å². The number of sulfonamides is 1. The molecular formula is C10H11Cl2NO3S. The number of Topliss-reactive ketones (excluding diaryl/α,β-unsaturated/α-hetero) is 1. The minimum absolute atomic E-state index is 0.00476. The van der Waals surface area contributed by atoms with Gasteiger partial charge < -0.3 is 0 Å². The molecule has 4 nitrogen and oxygen atoms in total. The van der Waals surface area contributed by atoms with Crippen LogP contribution in [0.3, 0.4) is 0 Å². The van der Waals surface area contributed by atoms with Crippen LogP contribution in [0, 0.1) is 5.92 Å². The third kappa shape index (κ3) is 2.98. The zero-order valence-electron chi connectivity index (χ0n) is 9.20. The van der Waals surface area contributed by atoms with Gasteiger partial charge in [0.1, 0.15) is 4.90 Å². The van der Waals surface area contributed by atoms with Gasteiger partial charge in [0.15, 0.2) is 5.78 Å². The summed E-state index contributed by atoms with van der Waals surface area (Å²) >= 11 is 11.7. The molecule has 7 heteroatoms. The molecule has 0 saturated carbocycles. The predicted octanol–water partition coefficient (Wildman–Crippen LogP) is 2.48. The maximum atomic E-state index is 11.9. The lowest BCUT2D eigenvalue weighted by molar-refractivity contribution is 0.0939. The van der Waals surface area contributed by atoms with Crippen LogP contribution in [-0.2, 0) is 10.0 Å². The number of hydrogen-bond donors (Lipinski definition) is 1. The fourth-order valence-electron chi connectivity index (χ4n) is 1.27. The largest absolute Gasteiger partial charge is 0.294 e. The van der Waals surface area contributed by atoms with Crippen LogP contribution < -0.4 is 5.14 Å². The van der Waals surface area contributed by atoms with Gasteiger partial charge in [0.25, 0.3) is 0 Å². The highest BCUT2D eigenvalue weighted by Gasteiger charge is 2.23. The normalized spacial score (nSPS) is 11.9. The highest BCUT2D eigenvalue weighted by molar-refractivity contribution is 7.89. The Morgan fingerprint density at radius 1 is 1.29 bits per heavy atom. The first-order valence-electron chi connectivity index (χ1n) is 4.71. The van der Waals surface area contributed by atoms with Crippen molar-refractivity contribution >= 4 is 39.0 Å². The molecule has 1 aromatic rings. The summed E-state index contributed by atoms with van der Waals surface area (Å²) in [5.41, 5.74) is -0.00476. The van der Waals surface area contributed by atoms with Gasteiger partial charge in [-0.2, -0.15) is 0 Å². The molecule has 0 aliphatic rings. The van der Waals surface area contributed by atoms with Crippen LogP contribution in [0.2, 0.25) is 10.0 Å². The molecule has 0 fully saturated rings. The molecule has 0 spiro atoms. The first kappa shape index (κ1) is 14.4. The van der Waals surface area contributed by atoms with Gasteiger partial charge in [0, 0.05) is 5.92 Å². The molecule has 94 valence electrons. The van der Waals surface area contributed by atoms with Gasteiger partial charge in [-0.1, -0.05) is 37.0 Å². The average molecular weight is 296 g/mol. The van der Waals surface area contributed by atoms with Crippen LogP contribution in [0.4, 0.5) is 0 Å². The Balaban J connectivity index is 3.57. The summed E-state index contributed by atoms with van der Waals surface area (Å²) in [6, 6.07) is 2.47. The highest BCUT2D eigenvalue weighted by Crippen LogP contribution is 2.32. The predicted molar refractivity (Wildman–Crippen MR) is 67.0 cm³/mol. The minimum Gasteiger partial charge on any atom is -0.294 e. The second-order valence-corrected chi connectivity index (χ2v) is 6.11. The Kier molecular flexibility index (Phi) is 4.19. The van der Waals surface area contributed by atoms with E-state index in [0.717, 1.165) is 0 Å². The molecule has 0 heterocycles. The monoisotopic (exact) mass is 295 g/mol. The molecule has 0 bridgehead atoms. The quantitative estimate of drug-likeness (QED) is 0.870. The van der Waals surface area contributed by atoms with Crippen LogP contribution in [0.5, 0.6) is 0 Å². The number of halogens is 2. The van der Waals surface area contributed by atoms with Crippen molar-refractivity contribution in [2.24, 2.45) is 11.1 Å². The van der Waals surface area contributed by atoms with E-state index in [9.17, 15) is 13.2 Å². The second-order valence-electron chi connectivity index (χ2n) is 3.80. The second kappa shape index (κ2) is 4.94. The number of primary sulfonamides is 1. The molecule has 0 saturated heterocycles. The van der Waals surface area contributed by atoms with Gasteiger partial charge in [-0.05, 0) is 12.1 Å². The molecule has 0 aliphatic carbocycles. The Morgan fingerprint density at radius 2 is 1.82 bits per heavy atom. The van der Waals surface area contributed by atoms with Crippen LogP contribution in [0.1, 0.15) is 24.2 Å². The fraction of sp³-hybridized carbons (Fsp3) is 0.300. The van der Waals surface area contributed by atoms with E-state index in [4.69, 9.17) is 28.3 Å². The maximum Gasteiger partial charge on any atom is 0.239 e. The van der Waals surface area contributed by atoms with E-state index < -0.39 is 10.0 Å². The first-order valence-corrected chi connectivity index (χ1v) is 7.01. The number of benzene rings is 1. The molecule has 0 radical (unpaired) electrons. The van der Waals surface area contributed by atoms with Gasteiger partial charge in [0.05, 0.1) is 15.6 Å². The smallest absolute Gasteiger partial charge is 0.239 e. The first-order chi connectivity index (χ1) is 7.66. The van der Waals surface area contributed by atoms with E-state index >= 15 is 0 Å². The summed E-state index contributed by atoms with van der Waals surface area (Å²) in [5, 5.41) is 4.87. The number of carbonyl (C=O) groups excluding carboxylic acids is 1. The van der Waals surface area contributed by atoms with Gasteiger partial charge in [-0.25, -0.2) is 13.6 Å². The van der Waals surface area contributed by atoms with Crippen molar-refractivity contribution in [2.75, 3.05) is 0 Å². The molecular weight excluding hydrogens is 285 g/mol. The number of rotatable bonds is 3. The van der Waals surface area contributed by atoms with Gasteiger partial charge in [-0.15, -0.1) is 0 Å². The summed E-state index contributed by atoms with van der Waals surface area (Å²) < 4.78 is 22.5. The lowest BCUT2D eigenvalue weighted by atomic mass is 10.0. The van der Waals surface area contributed by atoms with Crippen molar-refractivity contribution in [1.29, 1.82) is 0 Å². The van der Waals surface area contributed by atoms with E-state index in [1.807, 2.05) is 0 Å². The number of hydrogen-bond acceptors (Lipinski definition) is 3. The van der Waals surface area contributed by atoms with E-state index in [0.29, 0.717) is 0 Å². The topological polar surface area (TPSA) is 77.2 Å². The lowest BCUT2D eigenvalue weighted by Gasteiger charge is -2.11. The Bertz CT molecular complexity index is 567. The molecule has 0 atom stereocenters. The Morgan fingerprint density at radius 3 is 2.24 bits per heavy atom. The Hall–Kier alpha value is -0.620. The van der Waals surface area contributed by atoms with Crippen molar-refractivity contribution in [3.05, 3.63) is 27.7 Å².